The Morgan fingerprint density at radius 2 is 2.00 bits per heavy atom. The van der Waals surface area contributed by atoms with Gasteiger partial charge in [0.05, 0.1) is 29.7 Å². The maximum absolute atomic E-state index is 5.94. The largest absolute Gasteiger partial charge is 0.496 e. The molecular formula is C16H15ClN4O. The first-order valence-electron chi connectivity index (χ1n) is 6.71. The molecule has 0 fully saturated rings. The molecule has 0 spiro atoms. The van der Waals surface area contributed by atoms with Crippen LogP contribution in [-0.4, -0.2) is 22.1 Å². The van der Waals surface area contributed by atoms with Crippen molar-refractivity contribution in [2.45, 2.75) is 6.92 Å². The standard InChI is InChI=1S/C16H15ClN4O/c1-10-3-6-16(22-2)12(7-10)15-9-21(20-19-15)11-4-5-13(17)14(18)8-11/h3-9H,18H2,1-2H3. The summed E-state index contributed by atoms with van der Waals surface area (Å²) in [6, 6.07) is 11.3. The zero-order valence-corrected chi connectivity index (χ0v) is 13.0. The van der Waals surface area contributed by atoms with Crippen molar-refractivity contribution in [3.63, 3.8) is 0 Å². The van der Waals surface area contributed by atoms with Crippen LogP contribution in [0.5, 0.6) is 5.75 Å². The van der Waals surface area contributed by atoms with E-state index in [1.807, 2.05) is 37.4 Å². The fourth-order valence-corrected chi connectivity index (χ4v) is 2.33. The number of methoxy groups -OCH3 is 1. The smallest absolute Gasteiger partial charge is 0.128 e. The number of anilines is 1. The highest BCUT2D eigenvalue weighted by atomic mass is 35.5. The van der Waals surface area contributed by atoms with Gasteiger partial charge >= 0.3 is 0 Å². The lowest BCUT2D eigenvalue weighted by Gasteiger charge is -2.06. The second-order valence-corrected chi connectivity index (χ2v) is 5.37. The molecule has 0 saturated heterocycles. The van der Waals surface area contributed by atoms with E-state index in [9.17, 15) is 0 Å². The van der Waals surface area contributed by atoms with Gasteiger partial charge in [0.2, 0.25) is 0 Å². The lowest BCUT2D eigenvalue weighted by atomic mass is 10.1. The Labute approximate surface area is 133 Å². The van der Waals surface area contributed by atoms with E-state index in [-0.39, 0.29) is 0 Å². The van der Waals surface area contributed by atoms with Crippen LogP contribution in [0.3, 0.4) is 0 Å². The van der Waals surface area contributed by atoms with Crippen LogP contribution in [-0.2, 0) is 0 Å². The number of halogens is 1. The van der Waals surface area contributed by atoms with Crippen LogP contribution in [0.2, 0.25) is 5.02 Å². The number of nitrogen functional groups attached to an aromatic ring is 1. The molecule has 5 nitrogen and oxygen atoms in total. The third-order valence-electron chi connectivity index (χ3n) is 3.37. The van der Waals surface area contributed by atoms with Crippen LogP contribution in [0.15, 0.2) is 42.6 Å². The van der Waals surface area contributed by atoms with Gasteiger partial charge in [-0.2, -0.15) is 0 Å². The molecule has 1 heterocycles. The van der Waals surface area contributed by atoms with E-state index in [1.54, 1.807) is 23.9 Å². The van der Waals surface area contributed by atoms with Crippen molar-refractivity contribution in [2.75, 3.05) is 12.8 Å². The summed E-state index contributed by atoms with van der Waals surface area (Å²) in [7, 11) is 1.64. The summed E-state index contributed by atoms with van der Waals surface area (Å²) in [5.74, 6) is 0.758. The Balaban J connectivity index is 2.04. The van der Waals surface area contributed by atoms with Crippen LogP contribution < -0.4 is 10.5 Å². The van der Waals surface area contributed by atoms with Gasteiger partial charge < -0.3 is 10.5 Å². The number of nitrogens with zero attached hydrogens (tertiary/aromatic N) is 3. The predicted molar refractivity (Wildman–Crippen MR) is 87.5 cm³/mol. The minimum absolute atomic E-state index is 0.504. The van der Waals surface area contributed by atoms with Crippen LogP contribution in [0.4, 0.5) is 5.69 Å². The summed E-state index contributed by atoms with van der Waals surface area (Å²) in [4.78, 5) is 0. The molecule has 0 radical (unpaired) electrons. The van der Waals surface area contributed by atoms with Crippen LogP contribution >= 0.6 is 11.6 Å². The molecule has 0 atom stereocenters. The van der Waals surface area contributed by atoms with Crippen molar-refractivity contribution < 1.29 is 4.74 Å². The predicted octanol–water partition coefficient (Wildman–Crippen LogP) is 3.49. The normalized spacial score (nSPS) is 10.7. The maximum atomic E-state index is 5.94. The second-order valence-electron chi connectivity index (χ2n) is 4.96. The Kier molecular flexibility index (Phi) is 3.73. The van der Waals surface area contributed by atoms with Gasteiger partial charge in [-0.3, -0.25) is 0 Å². The van der Waals surface area contributed by atoms with Crippen LogP contribution in [0.1, 0.15) is 5.56 Å². The van der Waals surface area contributed by atoms with Gasteiger partial charge in [-0.05, 0) is 37.3 Å². The fraction of sp³-hybridized carbons (Fsp3) is 0.125. The molecule has 0 bridgehead atoms. The van der Waals surface area contributed by atoms with E-state index in [0.29, 0.717) is 10.7 Å². The zero-order valence-electron chi connectivity index (χ0n) is 12.2. The Hall–Kier alpha value is -2.53. The van der Waals surface area contributed by atoms with Crippen molar-refractivity contribution in [1.29, 1.82) is 0 Å². The van der Waals surface area contributed by atoms with Gasteiger partial charge in [0.15, 0.2) is 0 Å². The third-order valence-corrected chi connectivity index (χ3v) is 3.71. The van der Waals surface area contributed by atoms with Gasteiger partial charge in [0.1, 0.15) is 11.4 Å². The fourth-order valence-electron chi connectivity index (χ4n) is 2.21. The monoisotopic (exact) mass is 314 g/mol. The number of nitrogens with two attached hydrogens (primary N) is 1. The average molecular weight is 315 g/mol. The molecule has 112 valence electrons. The summed E-state index contributed by atoms with van der Waals surface area (Å²) in [6.07, 6.45) is 1.83. The van der Waals surface area contributed by atoms with Crippen molar-refractivity contribution >= 4 is 17.3 Å². The molecule has 6 heteroatoms. The minimum Gasteiger partial charge on any atom is -0.496 e. The third kappa shape index (κ3) is 2.63. The summed E-state index contributed by atoms with van der Waals surface area (Å²) in [5, 5.41) is 8.89. The minimum atomic E-state index is 0.504. The second kappa shape index (κ2) is 5.69. The molecule has 0 aliphatic rings. The highest BCUT2D eigenvalue weighted by Crippen LogP contribution is 2.30. The molecule has 2 aromatic carbocycles. The molecular weight excluding hydrogens is 300 g/mol. The lowest BCUT2D eigenvalue weighted by Crippen LogP contribution is -1.96. The number of ether oxygens (including phenoxy) is 1. The van der Waals surface area contributed by atoms with Crippen LogP contribution in [0, 0.1) is 6.92 Å². The number of hydrogen-bond donors (Lipinski definition) is 1. The van der Waals surface area contributed by atoms with E-state index in [2.05, 4.69) is 10.3 Å². The molecule has 0 saturated carbocycles. The molecule has 0 aliphatic carbocycles. The highest BCUT2D eigenvalue weighted by molar-refractivity contribution is 6.33. The maximum Gasteiger partial charge on any atom is 0.128 e. The lowest BCUT2D eigenvalue weighted by molar-refractivity contribution is 0.416. The topological polar surface area (TPSA) is 66.0 Å². The van der Waals surface area contributed by atoms with Gasteiger partial charge in [-0.25, -0.2) is 4.68 Å². The van der Waals surface area contributed by atoms with Crippen molar-refractivity contribution in [2.24, 2.45) is 0 Å². The van der Waals surface area contributed by atoms with Crippen LogP contribution in [0.25, 0.3) is 16.9 Å². The number of aryl methyl sites for hydroxylation is 1. The van der Waals surface area contributed by atoms with Gasteiger partial charge in [-0.1, -0.05) is 28.4 Å². The van der Waals surface area contributed by atoms with E-state index < -0.39 is 0 Å². The van der Waals surface area contributed by atoms with E-state index in [0.717, 1.165) is 28.3 Å². The first kappa shape index (κ1) is 14.4. The summed E-state index contributed by atoms with van der Waals surface area (Å²) < 4.78 is 7.05. The number of rotatable bonds is 3. The Morgan fingerprint density at radius 3 is 2.73 bits per heavy atom. The van der Waals surface area contributed by atoms with Gasteiger partial charge in [-0.15, -0.1) is 5.10 Å². The van der Waals surface area contributed by atoms with Gasteiger partial charge in [0.25, 0.3) is 0 Å². The van der Waals surface area contributed by atoms with E-state index in [1.165, 1.54) is 0 Å². The summed E-state index contributed by atoms with van der Waals surface area (Å²) >= 11 is 5.94. The first-order valence-corrected chi connectivity index (χ1v) is 7.09. The molecule has 0 unspecified atom stereocenters. The Morgan fingerprint density at radius 1 is 1.18 bits per heavy atom. The molecule has 22 heavy (non-hydrogen) atoms. The Bertz CT molecular complexity index is 829. The number of hydrogen-bond acceptors (Lipinski definition) is 4. The van der Waals surface area contributed by atoms with Crippen molar-refractivity contribution in [3.05, 3.63) is 53.2 Å². The zero-order chi connectivity index (χ0) is 15.7. The molecule has 3 aromatic rings. The molecule has 0 amide bonds. The summed E-state index contributed by atoms with van der Waals surface area (Å²) in [6.45, 7) is 2.02. The quantitative estimate of drug-likeness (QED) is 0.752. The van der Waals surface area contributed by atoms with Crippen molar-refractivity contribution in [1.82, 2.24) is 15.0 Å². The van der Waals surface area contributed by atoms with Gasteiger partial charge in [0, 0.05) is 5.56 Å². The SMILES string of the molecule is COc1ccc(C)cc1-c1cn(-c2ccc(Cl)c(N)c2)nn1. The van der Waals surface area contributed by atoms with E-state index in [4.69, 9.17) is 22.1 Å². The summed E-state index contributed by atoms with van der Waals surface area (Å²) in [5.41, 5.74) is 9.89. The van der Waals surface area contributed by atoms with Crippen molar-refractivity contribution in [3.8, 4) is 22.7 Å². The number of benzene rings is 2. The average Bonchev–Trinajstić information content (AvgIpc) is 3.00. The number of aromatic nitrogens is 3. The first-order chi connectivity index (χ1) is 10.6. The highest BCUT2D eigenvalue weighted by Gasteiger charge is 2.11. The molecule has 1 aromatic heterocycles. The molecule has 3 rings (SSSR count). The van der Waals surface area contributed by atoms with E-state index >= 15 is 0 Å². The molecule has 2 N–H and O–H groups in total. The molecule has 0 aliphatic heterocycles.